The largest absolute Gasteiger partial charge is 0.299 e. The summed E-state index contributed by atoms with van der Waals surface area (Å²) in [6.07, 6.45) is 27.6. The van der Waals surface area contributed by atoms with E-state index < -0.39 is 9.84 Å². The molecule has 2 heterocycles. The van der Waals surface area contributed by atoms with Crippen LogP contribution in [0.5, 0.6) is 0 Å². The van der Waals surface area contributed by atoms with Gasteiger partial charge in [0.2, 0.25) is 0 Å². The molecule has 4 aromatic rings. The average molecular weight is 857 g/mol. The minimum absolute atomic E-state index is 0.325. The van der Waals surface area contributed by atoms with Crippen LogP contribution in [0.15, 0.2) is 108 Å². The highest BCUT2D eigenvalue weighted by Gasteiger charge is 2.35. The molecule has 2 saturated carbocycles. The number of hydrogen-bond donors (Lipinski definition) is 0. The average Bonchev–Trinajstić information content (AvgIpc) is 3.61. The molecule has 0 spiro atoms. The van der Waals surface area contributed by atoms with E-state index in [1.807, 2.05) is 0 Å². The van der Waals surface area contributed by atoms with Gasteiger partial charge >= 0.3 is 0 Å². The zero-order chi connectivity index (χ0) is 42.6. The first kappa shape index (κ1) is 42.6. The van der Waals surface area contributed by atoms with Crippen molar-refractivity contribution >= 4 is 45.3 Å². The molecule has 2 atom stereocenters. The normalized spacial score (nSPS) is 21.2. The molecule has 5 heteroatoms. The Labute approximate surface area is 378 Å². The Hall–Kier alpha value is -4.29. The van der Waals surface area contributed by atoms with E-state index in [9.17, 15) is 8.42 Å². The van der Waals surface area contributed by atoms with Gasteiger partial charge in [0.05, 0.1) is 11.5 Å². The van der Waals surface area contributed by atoms with Crippen molar-refractivity contribution in [3.05, 3.63) is 153 Å². The maximum atomic E-state index is 14.4. The SMILES string of the molecule is O=S(=O)(CCC(C1CCCCC1)N1CCC(=C2c3ccccc3C=Cc3ccccc32)CC1)CCC(C1CCCCC1)N1CCC(=C2c3ccccc3C=Cc3ccccc32)CC1. The Balaban J connectivity index is 0.833. The van der Waals surface area contributed by atoms with E-state index in [4.69, 9.17) is 0 Å². The fourth-order valence-corrected chi connectivity index (χ4v) is 14.2. The lowest BCUT2D eigenvalue weighted by atomic mass is 9.80. The monoisotopic (exact) mass is 857 g/mol. The molecule has 0 radical (unpaired) electrons. The van der Waals surface area contributed by atoms with Gasteiger partial charge in [0.1, 0.15) is 9.84 Å². The van der Waals surface area contributed by atoms with Gasteiger partial charge in [0.25, 0.3) is 0 Å². The second kappa shape index (κ2) is 19.4. The third-order valence-corrected chi connectivity index (χ3v) is 17.8. The van der Waals surface area contributed by atoms with Crippen molar-refractivity contribution in [2.24, 2.45) is 11.8 Å². The Kier molecular flexibility index (Phi) is 13.2. The van der Waals surface area contributed by atoms with Gasteiger partial charge in [-0.1, -0.05) is 171 Å². The Morgan fingerprint density at radius 2 is 0.730 bits per heavy atom. The Morgan fingerprint density at radius 3 is 1.05 bits per heavy atom. The number of piperidine rings is 2. The molecule has 0 aromatic heterocycles. The molecule has 4 fully saturated rings. The fraction of sp³-hybridized carbons (Fsp3) is 0.448. The number of nitrogens with zero attached hydrogens (tertiary/aromatic N) is 2. The second-order valence-corrected chi connectivity index (χ2v) is 22.0. The number of hydrogen-bond acceptors (Lipinski definition) is 4. The summed E-state index contributed by atoms with van der Waals surface area (Å²) in [6, 6.07) is 36.3. The highest BCUT2D eigenvalue weighted by atomic mass is 32.2. The van der Waals surface area contributed by atoms with Crippen LogP contribution in [-0.4, -0.2) is 68.0 Å². The van der Waals surface area contributed by atoms with Crippen molar-refractivity contribution in [1.82, 2.24) is 9.80 Å². The van der Waals surface area contributed by atoms with E-state index in [1.165, 1.54) is 120 Å². The summed E-state index contributed by atoms with van der Waals surface area (Å²) in [5.74, 6) is 1.85. The van der Waals surface area contributed by atoms with Crippen molar-refractivity contribution in [3.8, 4) is 0 Å². The molecule has 0 amide bonds. The first-order valence-corrected chi connectivity index (χ1v) is 26.7. The number of likely N-dealkylation sites (tertiary alicyclic amines) is 2. The lowest BCUT2D eigenvalue weighted by Gasteiger charge is -2.42. The van der Waals surface area contributed by atoms with Gasteiger partial charge < -0.3 is 0 Å². The van der Waals surface area contributed by atoms with Gasteiger partial charge in [-0.3, -0.25) is 9.80 Å². The van der Waals surface area contributed by atoms with Gasteiger partial charge in [-0.2, -0.15) is 0 Å². The van der Waals surface area contributed by atoms with E-state index >= 15 is 0 Å². The van der Waals surface area contributed by atoms with Crippen LogP contribution in [0.4, 0.5) is 0 Å². The highest BCUT2D eigenvalue weighted by Crippen LogP contribution is 2.42. The lowest BCUT2D eigenvalue weighted by molar-refractivity contribution is 0.104. The van der Waals surface area contributed by atoms with Crippen molar-refractivity contribution in [2.45, 2.75) is 115 Å². The molecule has 10 rings (SSSR count). The van der Waals surface area contributed by atoms with Crippen LogP contribution in [-0.2, 0) is 9.84 Å². The van der Waals surface area contributed by atoms with Crippen molar-refractivity contribution < 1.29 is 8.42 Å². The van der Waals surface area contributed by atoms with Crippen LogP contribution in [0.2, 0.25) is 0 Å². The van der Waals surface area contributed by atoms with Crippen LogP contribution in [0.1, 0.15) is 147 Å². The summed E-state index contributed by atoms with van der Waals surface area (Å²) in [5.41, 5.74) is 16.5. The highest BCUT2D eigenvalue weighted by molar-refractivity contribution is 7.91. The van der Waals surface area contributed by atoms with Crippen molar-refractivity contribution in [1.29, 1.82) is 0 Å². The van der Waals surface area contributed by atoms with Gasteiger partial charge in [-0.15, -0.1) is 0 Å². The first-order chi connectivity index (χ1) is 31.0. The zero-order valence-corrected chi connectivity index (χ0v) is 38.3. The van der Waals surface area contributed by atoms with Gasteiger partial charge in [-0.25, -0.2) is 8.42 Å². The Bertz CT molecular complexity index is 2210. The van der Waals surface area contributed by atoms with E-state index in [2.05, 4.69) is 131 Å². The number of benzene rings is 4. The molecule has 0 bridgehead atoms. The summed E-state index contributed by atoms with van der Waals surface area (Å²) in [5, 5.41) is 0. The van der Waals surface area contributed by atoms with E-state index in [0.717, 1.165) is 64.7 Å². The smallest absolute Gasteiger partial charge is 0.150 e. The minimum atomic E-state index is -3.21. The number of rotatable bonds is 10. The first-order valence-electron chi connectivity index (χ1n) is 24.9. The Morgan fingerprint density at radius 1 is 0.429 bits per heavy atom. The fourth-order valence-electron chi connectivity index (χ4n) is 12.8. The van der Waals surface area contributed by atoms with Gasteiger partial charge in [0.15, 0.2) is 0 Å². The third kappa shape index (κ3) is 9.44. The topological polar surface area (TPSA) is 40.6 Å². The summed E-state index contributed by atoms with van der Waals surface area (Å²) in [7, 11) is -3.21. The molecule has 6 aliphatic rings. The van der Waals surface area contributed by atoms with Crippen LogP contribution < -0.4 is 0 Å². The summed E-state index contributed by atoms with van der Waals surface area (Å²) < 4.78 is 28.7. The molecule has 328 valence electrons. The molecule has 2 aliphatic heterocycles. The summed E-state index contributed by atoms with van der Waals surface area (Å²) in [6.45, 7) is 4.06. The number of fused-ring (bicyclic) bond motifs is 4. The quantitative estimate of drug-likeness (QED) is 0.138. The van der Waals surface area contributed by atoms with Crippen molar-refractivity contribution in [2.75, 3.05) is 37.7 Å². The van der Waals surface area contributed by atoms with Gasteiger partial charge in [0, 0.05) is 38.3 Å². The molecular weight excluding hydrogens is 789 g/mol. The molecule has 2 unspecified atom stereocenters. The molecular formula is C58H68N2O2S. The summed E-state index contributed by atoms with van der Waals surface area (Å²) >= 11 is 0. The maximum absolute atomic E-state index is 14.4. The zero-order valence-electron chi connectivity index (χ0n) is 37.5. The van der Waals surface area contributed by atoms with E-state index in [0.29, 0.717) is 35.4 Å². The van der Waals surface area contributed by atoms with Crippen LogP contribution >= 0.6 is 0 Å². The lowest BCUT2D eigenvalue weighted by Crippen LogP contribution is -2.46. The van der Waals surface area contributed by atoms with Crippen LogP contribution in [0.25, 0.3) is 35.5 Å². The minimum Gasteiger partial charge on any atom is -0.299 e. The summed E-state index contributed by atoms with van der Waals surface area (Å²) in [4.78, 5) is 5.46. The number of sulfone groups is 1. The van der Waals surface area contributed by atoms with Crippen LogP contribution in [0.3, 0.4) is 0 Å². The van der Waals surface area contributed by atoms with Crippen LogP contribution in [0, 0.1) is 11.8 Å². The maximum Gasteiger partial charge on any atom is 0.150 e. The predicted octanol–water partition coefficient (Wildman–Crippen LogP) is 13.2. The predicted molar refractivity (Wildman–Crippen MR) is 266 cm³/mol. The van der Waals surface area contributed by atoms with Gasteiger partial charge in [-0.05, 0) is 132 Å². The molecule has 4 aliphatic carbocycles. The molecule has 4 nitrogen and oxygen atoms in total. The molecule has 0 N–H and O–H groups in total. The molecule has 63 heavy (non-hydrogen) atoms. The van der Waals surface area contributed by atoms with E-state index in [1.54, 1.807) is 11.1 Å². The van der Waals surface area contributed by atoms with E-state index in [-0.39, 0.29) is 0 Å². The molecule has 2 saturated heterocycles. The second-order valence-electron chi connectivity index (χ2n) is 19.7. The molecule has 4 aromatic carbocycles. The standard InChI is InChI=1S/C58H68N2O2S/c61-63(62,41-35-55(47-19-3-1-4-20-47)59-37-31-49(32-38-59)57-51-23-11-7-15-43(51)27-28-44-16-8-12-24-52(44)57)42-36-56(48-21-5-2-6-22-48)60-39-33-50(34-40-60)58-53-25-13-9-17-45(53)29-30-46-18-10-14-26-54(46)58/h7-18,23-30,47-48,55-56H,1-6,19-22,31-42H2. The third-order valence-electron chi connectivity index (χ3n) is 16.1. The van der Waals surface area contributed by atoms with Crippen molar-refractivity contribution in [3.63, 3.8) is 0 Å².